The number of carbonyl (C=O) groups is 2. The lowest BCUT2D eigenvalue weighted by molar-refractivity contribution is 0.0697. The van der Waals surface area contributed by atoms with Crippen LogP contribution in [0.1, 0.15) is 47.6 Å². The Bertz CT molecular complexity index is 652. The van der Waals surface area contributed by atoms with E-state index < -0.39 is 5.97 Å². The Hall–Kier alpha value is -1.84. The first-order chi connectivity index (χ1) is 10.3. The Morgan fingerprint density at radius 3 is 2.09 bits per heavy atom. The second kappa shape index (κ2) is 10.0. The molecule has 0 aromatic heterocycles. The van der Waals surface area contributed by atoms with Crippen LogP contribution in [0.15, 0.2) is 42.5 Å². The van der Waals surface area contributed by atoms with Crippen LogP contribution in [0, 0.1) is 0 Å². The first-order valence-electron chi connectivity index (χ1n) is 6.63. The molecule has 0 heterocycles. The Kier molecular flexibility index (Phi) is 9.23. The van der Waals surface area contributed by atoms with Crippen molar-refractivity contribution >= 4 is 35.0 Å². The number of aromatic carboxylic acids is 1. The van der Waals surface area contributed by atoms with Crippen molar-refractivity contribution in [2.24, 2.45) is 0 Å². The monoisotopic (exact) mass is 354 g/mol. The maximum Gasteiger partial charge on any atom is 0.335 e. The molecule has 0 amide bonds. The van der Waals surface area contributed by atoms with Gasteiger partial charge in [-0.15, -0.1) is 0 Å². The standard InChI is InChI=1S/C9H8O3.C8H8Cl2.CH4/c1-6(10)7-3-2-4-8(5-7)9(11)12;1-2-6-3-4-7(9)8(10)5-6;/h2-5H,1H3,(H,11,12);3-5H,2H2,1H3;1H4. The van der Waals surface area contributed by atoms with Gasteiger partial charge in [-0.25, -0.2) is 4.79 Å². The lowest BCUT2D eigenvalue weighted by Crippen LogP contribution is -1.99. The lowest BCUT2D eigenvalue weighted by Gasteiger charge is -1.97. The normalized spacial score (nSPS) is 9.22. The number of carboxylic acid groups (broad SMARTS) is 1. The Labute approximate surface area is 146 Å². The number of rotatable bonds is 3. The van der Waals surface area contributed by atoms with Gasteiger partial charge in [-0.3, -0.25) is 4.79 Å². The van der Waals surface area contributed by atoms with Gasteiger partial charge in [0.2, 0.25) is 0 Å². The molecule has 2 rings (SSSR count). The number of ketones is 1. The maximum absolute atomic E-state index is 10.8. The summed E-state index contributed by atoms with van der Waals surface area (Å²) in [6, 6.07) is 11.7. The van der Waals surface area contributed by atoms with Crippen LogP contribution in [0.3, 0.4) is 0 Å². The first-order valence-corrected chi connectivity index (χ1v) is 7.39. The van der Waals surface area contributed by atoms with Gasteiger partial charge in [-0.05, 0) is 43.2 Å². The van der Waals surface area contributed by atoms with Crippen molar-refractivity contribution in [3.8, 4) is 0 Å². The minimum absolute atomic E-state index is 0. The maximum atomic E-state index is 10.8. The number of hydrogen-bond acceptors (Lipinski definition) is 2. The molecule has 0 spiro atoms. The summed E-state index contributed by atoms with van der Waals surface area (Å²) in [4.78, 5) is 21.3. The van der Waals surface area contributed by atoms with Gasteiger partial charge in [0.1, 0.15) is 0 Å². The van der Waals surface area contributed by atoms with E-state index in [4.69, 9.17) is 28.3 Å². The SMILES string of the molecule is C.CC(=O)c1cccc(C(=O)O)c1.CCc1ccc(Cl)c(Cl)c1. The van der Waals surface area contributed by atoms with Crippen LogP contribution in [0.4, 0.5) is 0 Å². The summed E-state index contributed by atoms with van der Waals surface area (Å²) in [5.74, 6) is -1.14. The van der Waals surface area contributed by atoms with Crippen LogP contribution < -0.4 is 0 Å². The van der Waals surface area contributed by atoms with Crippen molar-refractivity contribution in [2.75, 3.05) is 0 Å². The zero-order valence-electron chi connectivity index (χ0n) is 12.3. The molecular weight excluding hydrogens is 335 g/mol. The molecule has 0 fully saturated rings. The molecule has 0 bridgehead atoms. The van der Waals surface area contributed by atoms with Gasteiger partial charge in [0.15, 0.2) is 5.78 Å². The molecule has 0 aliphatic heterocycles. The van der Waals surface area contributed by atoms with E-state index in [-0.39, 0.29) is 18.8 Å². The molecule has 0 radical (unpaired) electrons. The van der Waals surface area contributed by atoms with Crippen LogP contribution in [0.5, 0.6) is 0 Å². The summed E-state index contributed by atoms with van der Waals surface area (Å²) < 4.78 is 0. The molecule has 3 nitrogen and oxygen atoms in total. The molecule has 23 heavy (non-hydrogen) atoms. The Morgan fingerprint density at radius 2 is 1.61 bits per heavy atom. The number of halogens is 2. The number of aryl methyl sites for hydroxylation is 1. The van der Waals surface area contributed by atoms with Gasteiger partial charge >= 0.3 is 5.97 Å². The van der Waals surface area contributed by atoms with Crippen LogP contribution >= 0.6 is 23.2 Å². The van der Waals surface area contributed by atoms with Crippen molar-refractivity contribution in [1.29, 1.82) is 0 Å². The summed E-state index contributed by atoms with van der Waals surface area (Å²) in [7, 11) is 0. The molecule has 2 aromatic carbocycles. The first kappa shape index (κ1) is 21.2. The summed E-state index contributed by atoms with van der Waals surface area (Å²) in [6.07, 6.45) is 0.997. The third-order valence-electron chi connectivity index (χ3n) is 2.91. The lowest BCUT2D eigenvalue weighted by atomic mass is 10.1. The highest BCUT2D eigenvalue weighted by Crippen LogP contribution is 2.22. The highest BCUT2D eigenvalue weighted by Gasteiger charge is 2.04. The van der Waals surface area contributed by atoms with Gasteiger partial charge in [-0.2, -0.15) is 0 Å². The summed E-state index contributed by atoms with van der Waals surface area (Å²) >= 11 is 11.5. The molecule has 0 saturated heterocycles. The fraction of sp³-hybridized carbons (Fsp3) is 0.222. The third-order valence-corrected chi connectivity index (χ3v) is 3.65. The Balaban J connectivity index is 0.000000409. The summed E-state index contributed by atoms with van der Waals surface area (Å²) in [5, 5.41) is 9.84. The zero-order valence-corrected chi connectivity index (χ0v) is 13.8. The summed E-state index contributed by atoms with van der Waals surface area (Å²) in [5.41, 5.74) is 1.78. The zero-order chi connectivity index (χ0) is 16.7. The average Bonchev–Trinajstić information content (AvgIpc) is 2.50. The van der Waals surface area contributed by atoms with Crippen LogP contribution in [0.25, 0.3) is 0 Å². The van der Waals surface area contributed by atoms with Gasteiger partial charge in [0.05, 0.1) is 15.6 Å². The number of benzene rings is 2. The van der Waals surface area contributed by atoms with E-state index in [0.717, 1.165) is 6.42 Å². The molecule has 0 saturated carbocycles. The van der Waals surface area contributed by atoms with Gasteiger partial charge < -0.3 is 5.11 Å². The van der Waals surface area contributed by atoms with Crippen LogP contribution in [-0.2, 0) is 6.42 Å². The van der Waals surface area contributed by atoms with Crippen LogP contribution in [0.2, 0.25) is 10.0 Å². The fourth-order valence-electron chi connectivity index (χ4n) is 1.63. The molecule has 0 atom stereocenters. The topological polar surface area (TPSA) is 54.4 Å². The highest BCUT2D eigenvalue weighted by molar-refractivity contribution is 6.42. The predicted molar refractivity (Wildman–Crippen MR) is 96.0 cm³/mol. The minimum Gasteiger partial charge on any atom is -0.478 e. The Morgan fingerprint density at radius 1 is 1.00 bits per heavy atom. The molecule has 0 aliphatic rings. The van der Waals surface area contributed by atoms with E-state index in [0.29, 0.717) is 15.6 Å². The van der Waals surface area contributed by atoms with E-state index >= 15 is 0 Å². The molecule has 1 N–H and O–H groups in total. The molecule has 5 heteroatoms. The van der Waals surface area contributed by atoms with E-state index in [1.807, 2.05) is 18.2 Å². The molecule has 0 aliphatic carbocycles. The quantitative estimate of drug-likeness (QED) is 0.710. The number of hydrogen-bond donors (Lipinski definition) is 1. The fourth-order valence-corrected chi connectivity index (χ4v) is 1.95. The van der Waals surface area contributed by atoms with Gasteiger partial charge in [0.25, 0.3) is 0 Å². The van der Waals surface area contributed by atoms with Crippen molar-refractivity contribution in [2.45, 2.75) is 27.7 Å². The number of Topliss-reactive ketones (excluding diaryl/α,β-unsaturated/α-hetero) is 1. The smallest absolute Gasteiger partial charge is 0.335 e. The van der Waals surface area contributed by atoms with Crippen molar-refractivity contribution < 1.29 is 14.7 Å². The molecular formula is C18H20Cl2O3. The van der Waals surface area contributed by atoms with E-state index in [2.05, 4.69) is 6.92 Å². The number of carboxylic acids is 1. The largest absolute Gasteiger partial charge is 0.478 e. The third kappa shape index (κ3) is 6.85. The van der Waals surface area contributed by atoms with Crippen LogP contribution in [-0.4, -0.2) is 16.9 Å². The second-order valence-electron chi connectivity index (χ2n) is 4.54. The van der Waals surface area contributed by atoms with Crippen molar-refractivity contribution in [3.63, 3.8) is 0 Å². The molecule has 124 valence electrons. The number of carbonyl (C=O) groups excluding carboxylic acids is 1. The van der Waals surface area contributed by atoms with E-state index in [1.54, 1.807) is 12.1 Å². The van der Waals surface area contributed by atoms with Crippen molar-refractivity contribution in [1.82, 2.24) is 0 Å². The van der Waals surface area contributed by atoms with Gasteiger partial charge in [0, 0.05) is 5.56 Å². The van der Waals surface area contributed by atoms with E-state index in [9.17, 15) is 9.59 Å². The van der Waals surface area contributed by atoms with Crippen molar-refractivity contribution in [3.05, 3.63) is 69.2 Å². The van der Waals surface area contributed by atoms with E-state index in [1.165, 1.54) is 24.6 Å². The van der Waals surface area contributed by atoms with Gasteiger partial charge in [-0.1, -0.05) is 55.8 Å². The predicted octanol–water partition coefficient (Wildman–Crippen LogP) is 5.78. The summed E-state index contributed by atoms with van der Waals surface area (Å²) in [6.45, 7) is 3.49. The molecule has 0 unspecified atom stereocenters. The highest BCUT2D eigenvalue weighted by atomic mass is 35.5. The second-order valence-corrected chi connectivity index (χ2v) is 5.36. The minimum atomic E-state index is -1.02. The average molecular weight is 355 g/mol. The molecule has 2 aromatic rings.